The second kappa shape index (κ2) is 12.7. The van der Waals surface area contributed by atoms with Crippen LogP contribution in [0.15, 0.2) is 194 Å². The van der Waals surface area contributed by atoms with Gasteiger partial charge in [-0.1, -0.05) is 179 Å². The summed E-state index contributed by atoms with van der Waals surface area (Å²) in [6, 6.07) is 72.4. The SMILES string of the molecule is CC1(C)c2ccccc2-c2ccc(N(c3ccccc3-c3ccc(-n4c5ccccc5c5ccccc54)c4ccccc34)c3cccc4c3-c3ccccc3C4(C)C)cc21. The molecule has 10 aromatic rings. The molecule has 0 spiro atoms. The van der Waals surface area contributed by atoms with Gasteiger partial charge in [0, 0.05) is 43.8 Å². The van der Waals surface area contributed by atoms with Crippen molar-refractivity contribution in [3.8, 4) is 39.1 Å². The number of fused-ring (bicyclic) bond motifs is 10. The second-order valence-corrected chi connectivity index (χ2v) is 17.7. The average molecular weight is 769 g/mol. The Balaban J connectivity index is 1.12. The summed E-state index contributed by atoms with van der Waals surface area (Å²) >= 11 is 0. The van der Waals surface area contributed by atoms with Crippen molar-refractivity contribution in [3.05, 3.63) is 216 Å². The Labute approximate surface area is 351 Å². The molecule has 0 bridgehead atoms. The largest absolute Gasteiger partial charge is 0.309 e. The van der Waals surface area contributed by atoms with Crippen molar-refractivity contribution in [1.29, 1.82) is 0 Å². The predicted molar refractivity (Wildman–Crippen MR) is 254 cm³/mol. The molecule has 0 saturated heterocycles. The molecule has 1 heterocycles. The zero-order valence-corrected chi connectivity index (χ0v) is 34.4. The van der Waals surface area contributed by atoms with Gasteiger partial charge in [-0.15, -0.1) is 0 Å². The number of aromatic nitrogens is 1. The lowest BCUT2D eigenvalue weighted by atomic mass is 9.82. The molecule has 286 valence electrons. The minimum absolute atomic E-state index is 0.131. The van der Waals surface area contributed by atoms with Crippen LogP contribution in [0.5, 0.6) is 0 Å². The van der Waals surface area contributed by atoms with Gasteiger partial charge in [0.05, 0.1) is 28.1 Å². The van der Waals surface area contributed by atoms with Crippen molar-refractivity contribution in [1.82, 2.24) is 4.57 Å². The molecule has 2 aliphatic carbocycles. The zero-order valence-electron chi connectivity index (χ0n) is 34.4. The summed E-state index contributed by atoms with van der Waals surface area (Å²) in [7, 11) is 0. The van der Waals surface area contributed by atoms with Crippen molar-refractivity contribution in [2.24, 2.45) is 0 Å². The first-order valence-electron chi connectivity index (χ1n) is 21.2. The normalized spacial score (nSPS) is 14.3. The number of para-hydroxylation sites is 3. The van der Waals surface area contributed by atoms with Crippen LogP contribution < -0.4 is 4.90 Å². The molecular weight excluding hydrogens is 725 g/mol. The van der Waals surface area contributed by atoms with Gasteiger partial charge in [-0.2, -0.15) is 0 Å². The Kier molecular flexibility index (Phi) is 7.36. The van der Waals surface area contributed by atoms with Gasteiger partial charge in [0.15, 0.2) is 0 Å². The maximum absolute atomic E-state index is 2.56. The third kappa shape index (κ3) is 4.76. The molecule has 0 fully saturated rings. The summed E-state index contributed by atoms with van der Waals surface area (Å²) in [5.74, 6) is 0. The fraction of sp³-hybridized carbons (Fsp3) is 0.103. The van der Waals surface area contributed by atoms with Crippen molar-refractivity contribution < 1.29 is 0 Å². The van der Waals surface area contributed by atoms with E-state index < -0.39 is 0 Å². The van der Waals surface area contributed by atoms with E-state index in [1.54, 1.807) is 0 Å². The van der Waals surface area contributed by atoms with Crippen LogP contribution in [-0.4, -0.2) is 4.57 Å². The molecule has 1 aromatic heterocycles. The third-order valence-electron chi connectivity index (χ3n) is 13.8. The Bertz CT molecular complexity index is 3340. The number of benzene rings is 9. The Morgan fingerprint density at radius 3 is 1.58 bits per heavy atom. The molecular formula is C58H44N2. The number of rotatable bonds is 5. The molecule has 12 rings (SSSR count). The molecule has 0 radical (unpaired) electrons. The minimum atomic E-state index is -0.140. The molecule has 0 unspecified atom stereocenters. The first-order valence-corrected chi connectivity index (χ1v) is 21.2. The van der Waals surface area contributed by atoms with E-state index in [9.17, 15) is 0 Å². The van der Waals surface area contributed by atoms with E-state index in [0.29, 0.717) is 0 Å². The van der Waals surface area contributed by atoms with Crippen LogP contribution in [0.2, 0.25) is 0 Å². The topological polar surface area (TPSA) is 8.17 Å². The summed E-state index contributed by atoms with van der Waals surface area (Å²) < 4.78 is 2.45. The van der Waals surface area contributed by atoms with Crippen LogP contribution in [-0.2, 0) is 10.8 Å². The maximum atomic E-state index is 2.56. The molecule has 0 atom stereocenters. The van der Waals surface area contributed by atoms with Gasteiger partial charge in [-0.3, -0.25) is 0 Å². The fourth-order valence-corrected chi connectivity index (χ4v) is 11.0. The number of anilines is 3. The summed E-state index contributed by atoms with van der Waals surface area (Å²) in [6.07, 6.45) is 0. The van der Waals surface area contributed by atoms with E-state index in [0.717, 1.165) is 11.4 Å². The van der Waals surface area contributed by atoms with Crippen molar-refractivity contribution in [2.45, 2.75) is 38.5 Å². The number of hydrogen-bond acceptors (Lipinski definition) is 1. The third-order valence-corrected chi connectivity index (χ3v) is 13.8. The molecule has 2 nitrogen and oxygen atoms in total. The van der Waals surface area contributed by atoms with Crippen LogP contribution in [0.4, 0.5) is 17.1 Å². The van der Waals surface area contributed by atoms with Crippen molar-refractivity contribution in [3.63, 3.8) is 0 Å². The first-order chi connectivity index (χ1) is 29.3. The van der Waals surface area contributed by atoms with E-state index >= 15 is 0 Å². The van der Waals surface area contributed by atoms with Gasteiger partial charge >= 0.3 is 0 Å². The number of nitrogens with zero attached hydrogens (tertiary/aromatic N) is 2. The first kappa shape index (κ1) is 34.8. The average Bonchev–Trinajstić information content (AvgIpc) is 3.83. The highest BCUT2D eigenvalue weighted by Crippen LogP contribution is 2.56. The molecule has 2 aliphatic rings. The minimum Gasteiger partial charge on any atom is -0.309 e. The molecule has 60 heavy (non-hydrogen) atoms. The monoisotopic (exact) mass is 768 g/mol. The summed E-state index contributed by atoms with van der Waals surface area (Å²) in [5, 5.41) is 4.97. The standard InChI is InChI=1S/C58H44N2/c1-57(2)48-26-13-8-24-46(48)56-49(57)27-17-31-55(56)59(37-32-33-41-40-19-7-12-25-47(40)58(3,4)50(41)36-37)51-28-14-9-21-43(51)39-34-35-54(42-20-6-5-18-38(39)42)60-52-29-15-10-22-44(52)45-23-11-16-30-53(45)60/h5-36H,1-4H3. The summed E-state index contributed by atoms with van der Waals surface area (Å²) in [5.41, 5.74) is 20.0. The lowest BCUT2D eigenvalue weighted by Crippen LogP contribution is -2.18. The van der Waals surface area contributed by atoms with Crippen LogP contribution in [0.1, 0.15) is 49.9 Å². The Morgan fingerprint density at radius 2 is 0.850 bits per heavy atom. The smallest absolute Gasteiger partial charge is 0.0543 e. The van der Waals surface area contributed by atoms with Crippen LogP contribution in [0.3, 0.4) is 0 Å². The van der Waals surface area contributed by atoms with Gasteiger partial charge < -0.3 is 9.47 Å². The highest BCUT2D eigenvalue weighted by atomic mass is 15.1. The van der Waals surface area contributed by atoms with Gasteiger partial charge in [0.2, 0.25) is 0 Å². The van der Waals surface area contributed by atoms with Crippen molar-refractivity contribution in [2.75, 3.05) is 4.90 Å². The Morgan fingerprint density at radius 1 is 0.350 bits per heavy atom. The lowest BCUT2D eigenvalue weighted by molar-refractivity contribution is 0.660. The predicted octanol–water partition coefficient (Wildman–Crippen LogP) is 15.7. The zero-order chi connectivity index (χ0) is 40.3. The summed E-state index contributed by atoms with van der Waals surface area (Å²) in [6.45, 7) is 9.51. The lowest BCUT2D eigenvalue weighted by Gasteiger charge is -2.32. The molecule has 0 N–H and O–H groups in total. The molecule has 0 saturated carbocycles. The van der Waals surface area contributed by atoms with Crippen LogP contribution >= 0.6 is 0 Å². The fourth-order valence-electron chi connectivity index (χ4n) is 11.0. The van der Waals surface area contributed by atoms with Crippen LogP contribution in [0.25, 0.3) is 71.6 Å². The van der Waals surface area contributed by atoms with E-state index in [1.807, 2.05) is 0 Å². The molecule has 0 aliphatic heterocycles. The van der Waals surface area contributed by atoms with E-state index in [-0.39, 0.29) is 10.8 Å². The summed E-state index contributed by atoms with van der Waals surface area (Å²) in [4.78, 5) is 2.56. The second-order valence-electron chi connectivity index (χ2n) is 17.7. The quantitative estimate of drug-likeness (QED) is 0.169. The van der Waals surface area contributed by atoms with Gasteiger partial charge in [0.25, 0.3) is 0 Å². The molecule has 2 heteroatoms. The number of hydrogen-bond donors (Lipinski definition) is 0. The van der Waals surface area contributed by atoms with E-state index in [4.69, 9.17) is 0 Å². The molecule has 9 aromatic carbocycles. The van der Waals surface area contributed by atoms with Crippen molar-refractivity contribution >= 4 is 49.6 Å². The van der Waals surface area contributed by atoms with Gasteiger partial charge in [-0.05, 0) is 92.4 Å². The molecule has 0 amide bonds. The van der Waals surface area contributed by atoms with Gasteiger partial charge in [-0.25, -0.2) is 0 Å². The highest BCUT2D eigenvalue weighted by Gasteiger charge is 2.39. The van der Waals surface area contributed by atoms with E-state index in [1.165, 1.54) is 99.6 Å². The maximum Gasteiger partial charge on any atom is 0.0543 e. The Hall–Kier alpha value is -7.16. The highest BCUT2D eigenvalue weighted by molar-refractivity contribution is 6.12. The van der Waals surface area contributed by atoms with Gasteiger partial charge in [0.1, 0.15) is 0 Å². The van der Waals surface area contributed by atoms with Crippen LogP contribution in [0, 0.1) is 0 Å². The van der Waals surface area contributed by atoms with E-state index in [2.05, 4.69) is 231 Å².